The molecule has 4 heteroatoms. The third-order valence-corrected chi connectivity index (χ3v) is 3.76. The molecule has 19 heavy (non-hydrogen) atoms. The van der Waals surface area contributed by atoms with E-state index in [-0.39, 0.29) is 18.0 Å². The molecule has 0 N–H and O–H groups in total. The van der Waals surface area contributed by atoms with Crippen LogP contribution in [0.1, 0.15) is 21.5 Å². The molecule has 0 aromatic heterocycles. The monoisotopic (exact) mass is 340 g/mol. The molecule has 98 valence electrons. The Balaban J connectivity index is 2.25. The third kappa shape index (κ3) is 3.43. The SMILES string of the molecule is Cc1cc(C(=O)Cc2cc(Br)ccc2F)ccc1Cl. The van der Waals surface area contributed by atoms with Gasteiger partial charge in [-0.3, -0.25) is 4.79 Å². The summed E-state index contributed by atoms with van der Waals surface area (Å²) >= 11 is 9.18. The summed E-state index contributed by atoms with van der Waals surface area (Å²) in [6, 6.07) is 9.64. The van der Waals surface area contributed by atoms with Crippen LogP contribution in [-0.2, 0) is 6.42 Å². The number of benzene rings is 2. The van der Waals surface area contributed by atoms with Gasteiger partial charge in [-0.15, -0.1) is 0 Å². The second-order valence-electron chi connectivity index (χ2n) is 4.30. The molecule has 0 spiro atoms. The fraction of sp³-hybridized carbons (Fsp3) is 0.133. The highest BCUT2D eigenvalue weighted by Gasteiger charge is 2.12. The summed E-state index contributed by atoms with van der Waals surface area (Å²) in [5.41, 5.74) is 1.76. The first-order valence-corrected chi connectivity index (χ1v) is 6.88. The summed E-state index contributed by atoms with van der Waals surface area (Å²) in [4.78, 5) is 12.1. The molecule has 0 bridgehead atoms. The van der Waals surface area contributed by atoms with Crippen LogP contribution >= 0.6 is 27.5 Å². The number of ketones is 1. The number of Topliss-reactive ketones (excluding diaryl/α,β-unsaturated/α-hetero) is 1. The predicted octanol–water partition coefficient (Wildman–Crippen LogP) is 4.98. The van der Waals surface area contributed by atoms with E-state index in [4.69, 9.17) is 11.6 Å². The molecule has 2 aromatic rings. The maximum Gasteiger partial charge on any atom is 0.167 e. The summed E-state index contributed by atoms with van der Waals surface area (Å²) < 4.78 is 14.3. The van der Waals surface area contributed by atoms with Crippen molar-refractivity contribution in [3.63, 3.8) is 0 Å². The number of halogens is 3. The van der Waals surface area contributed by atoms with E-state index in [9.17, 15) is 9.18 Å². The molecule has 2 rings (SSSR count). The molecule has 1 nitrogen and oxygen atoms in total. The summed E-state index contributed by atoms with van der Waals surface area (Å²) in [6.45, 7) is 1.83. The highest BCUT2D eigenvalue weighted by molar-refractivity contribution is 9.10. The van der Waals surface area contributed by atoms with E-state index in [2.05, 4.69) is 15.9 Å². The van der Waals surface area contributed by atoms with Gasteiger partial charge in [-0.2, -0.15) is 0 Å². The van der Waals surface area contributed by atoms with Crippen LogP contribution in [0.25, 0.3) is 0 Å². The number of rotatable bonds is 3. The molecule has 0 saturated carbocycles. The Hall–Kier alpha value is -1.19. The zero-order valence-corrected chi connectivity index (χ0v) is 12.6. The van der Waals surface area contributed by atoms with E-state index in [0.717, 1.165) is 10.0 Å². The molecule has 0 aliphatic carbocycles. The van der Waals surface area contributed by atoms with Gasteiger partial charge in [-0.1, -0.05) is 27.5 Å². The van der Waals surface area contributed by atoms with Crippen molar-refractivity contribution in [2.24, 2.45) is 0 Å². The molecule has 0 unspecified atom stereocenters. The minimum Gasteiger partial charge on any atom is -0.294 e. The molecule has 0 fully saturated rings. The van der Waals surface area contributed by atoms with Gasteiger partial charge in [0, 0.05) is 21.5 Å². The van der Waals surface area contributed by atoms with Crippen molar-refractivity contribution in [1.29, 1.82) is 0 Å². The summed E-state index contributed by atoms with van der Waals surface area (Å²) in [6.07, 6.45) is 0.0341. The first-order valence-electron chi connectivity index (χ1n) is 5.70. The quantitative estimate of drug-likeness (QED) is 0.720. The lowest BCUT2D eigenvalue weighted by molar-refractivity contribution is 0.0991. The van der Waals surface area contributed by atoms with Gasteiger partial charge in [0.2, 0.25) is 0 Å². The lowest BCUT2D eigenvalue weighted by Crippen LogP contribution is -2.05. The number of hydrogen-bond donors (Lipinski definition) is 0. The van der Waals surface area contributed by atoms with Crippen molar-refractivity contribution in [2.75, 3.05) is 0 Å². The summed E-state index contributed by atoms with van der Waals surface area (Å²) in [5.74, 6) is -0.501. The Labute approximate surface area is 124 Å². The number of carbonyl (C=O) groups excluding carboxylic acids is 1. The van der Waals surface area contributed by atoms with Crippen molar-refractivity contribution < 1.29 is 9.18 Å². The smallest absolute Gasteiger partial charge is 0.167 e. The highest BCUT2D eigenvalue weighted by Crippen LogP contribution is 2.20. The van der Waals surface area contributed by atoms with Crippen molar-refractivity contribution in [2.45, 2.75) is 13.3 Å². The van der Waals surface area contributed by atoms with Gasteiger partial charge in [0.15, 0.2) is 5.78 Å². The first-order chi connectivity index (χ1) is 8.97. The van der Waals surface area contributed by atoms with Crippen LogP contribution in [0.5, 0.6) is 0 Å². The fourth-order valence-electron chi connectivity index (χ4n) is 1.77. The Morgan fingerprint density at radius 3 is 2.68 bits per heavy atom. The van der Waals surface area contributed by atoms with Crippen LogP contribution in [0.3, 0.4) is 0 Å². The highest BCUT2D eigenvalue weighted by atomic mass is 79.9. The molecular formula is C15H11BrClFO. The van der Waals surface area contributed by atoms with Gasteiger partial charge in [0.05, 0.1) is 0 Å². The number of hydrogen-bond acceptors (Lipinski definition) is 1. The first kappa shape index (κ1) is 14.2. The Kier molecular flexibility index (Phi) is 4.38. The summed E-state index contributed by atoms with van der Waals surface area (Å²) in [7, 11) is 0. The molecule has 2 aromatic carbocycles. The predicted molar refractivity (Wildman–Crippen MR) is 78.3 cm³/mol. The average molecular weight is 342 g/mol. The van der Waals surface area contributed by atoms with Gasteiger partial charge in [0.1, 0.15) is 5.82 Å². The molecule has 0 radical (unpaired) electrons. The van der Waals surface area contributed by atoms with Gasteiger partial charge in [-0.25, -0.2) is 4.39 Å². The molecule has 0 aliphatic heterocycles. The van der Waals surface area contributed by atoms with E-state index in [1.807, 2.05) is 6.92 Å². The van der Waals surface area contributed by atoms with Crippen molar-refractivity contribution >= 4 is 33.3 Å². The molecule has 0 heterocycles. The van der Waals surface area contributed by atoms with E-state index in [1.54, 1.807) is 30.3 Å². The van der Waals surface area contributed by atoms with Gasteiger partial charge in [-0.05, 0) is 54.4 Å². The molecule has 0 atom stereocenters. The van der Waals surface area contributed by atoms with Crippen LogP contribution in [-0.4, -0.2) is 5.78 Å². The van der Waals surface area contributed by atoms with Crippen molar-refractivity contribution in [3.05, 3.63) is 68.4 Å². The molecule has 0 saturated heterocycles. The minimum atomic E-state index is -0.373. The molecular weight excluding hydrogens is 331 g/mol. The van der Waals surface area contributed by atoms with Crippen molar-refractivity contribution in [3.8, 4) is 0 Å². The fourth-order valence-corrected chi connectivity index (χ4v) is 2.30. The molecule has 0 amide bonds. The normalized spacial score (nSPS) is 10.5. The van der Waals surface area contributed by atoms with Crippen LogP contribution in [0.15, 0.2) is 40.9 Å². The Morgan fingerprint density at radius 1 is 1.26 bits per heavy atom. The van der Waals surface area contributed by atoms with Crippen LogP contribution < -0.4 is 0 Å². The number of aryl methyl sites for hydroxylation is 1. The lowest BCUT2D eigenvalue weighted by atomic mass is 10.0. The summed E-state index contributed by atoms with van der Waals surface area (Å²) in [5, 5.41) is 0.616. The second kappa shape index (κ2) is 5.85. The third-order valence-electron chi connectivity index (χ3n) is 2.84. The zero-order chi connectivity index (χ0) is 14.0. The van der Waals surface area contributed by atoms with E-state index < -0.39 is 0 Å². The zero-order valence-electron chi connectivity index (χ0n) is 10.2. The van der Waals surface area contributed by atoms with Gasteiger partial charge in [0.25, 0.3) is 0 Å². The van der Waals surface area contributed by atoms with Crippen molar-refractivity contribution in [1.82, 2.24) is 0 Å². The largest absolute Gasteiger partial charge is 0.294 e. The van der Waals surface area contributed by atoms with E-state index in [0.29, 0.717) is 16.1 Å². The minimum absolute atomic E-state index is 0.0341. The Bertz CT molecular complexity index is 640. The lowest BCUT2D eigenvalue weighted by Gasteiger charge is -2.05. The van der Waals surface area contributed by atoms with Crippen LogP contribution in [0, 0.1) is 12.7 Å². The standard InChI is InChI=1S/C15H11BrClFO/c1-9-6-10(2-4-13(9)17)15(19)8-11-7-12(16)3-5-14(11)18/h2-7H,8H2,1H3. The molecule has 0 aliphatic rings. The average Bonchev–Trinajstić information content (AvgIpc) is 2.37. The van der Waals surface area contributed by atoms with Crippen LogP contribution in [0.2, 0.25) is 5.02 Å². The second-order valence-corrected chi connectivity index (χ2v) is 5.62. The Morgan fingerprint density at radius 2 is 2.00 bits per heavy atom. The van der Waals surface area contributed by atoms with Gasteiger partial charge >= 0.3 is 0 Å². The topological polar surface area (TPSA) is 17.1 Å². The van der Waals surface area contributed by atoms with Crippen LogP contribution in [0.4, 0.5) is 4.39 Å². The maximum atomic E-state index is 13.6. The van der Waals surface area contributed by atoms with Gasteiger partial charge < -0.3 is 0 Å². The maximum absolute atomic E-state index is 13.6. The van der Waals surface area contributed by atoms with E-state index >= 15 is 0 Å². The number of carbonyl (C=O) groups is 1. The van der Waals surface area contributed by atoms with E-state index in [1.165, 1.54) is 6.07 Å².